The first-order valence-electron chi connectivity index (χ1n) is 4.32. The minimum atomic E-state index is -0.595. The average Bonchev–Trinajstić information content (AvgIpc) is 2.11. The second kappa shape index (κ2) is 5.36. The fourth-order valence-corrected chi connectivity index (χ4v) is 0.978. The highest BCUT2D eigenvalue weighted by molar-refractivity contribution is 5.34. The molecule has 1 N–H and O–H groups in total. The highest BCUT2D eigenvalue weighted by atomic mass is 19.1. The highest BCUT2D eigenvalue weighted by Crippen LogP contribution is 2.06. The number of rotatable bonds is 2. The summed E-state index contributed by atoms with van der Waals surface area (Å²) in [6, 6.07) is 3.27. The smallest absolute Gasteiger partial charge is 0.127 e. The lowest BCUT2D eigenvalue weighted by atomic mass is 10.2. The topological polar surface area (TPSA) is 12.0 Å². The van der Waals surface area contributed by atoms with Crippen LogP contribution >= 0.6 is 0 Å². The van der Waals surface area contributed by atoms with Gasteiger partial charge in [0.1, 0.15) is 11.6 Å². The van der Waals surface area contributed by atoms with Gasteiger partial charge in [-0.25, -0.2) is 8.78 Å². The summed E-state index contributed by atoms with van der Waals surface area (Å²) < 4.78 is 25.4. The average molecular weight is 195 g/mol. The molecular formula is C11H11F2N. The number of benzene rings is 1. The first-order chi connectivity index (χ1) is 6.72. The van der Waals surface area contributed by atoms with Gasteiger partial charge in [0.15, 0.2) is 0 Å². The fraction of sp³-hybridized carbons (Fsp3) is 0.273. The summed E-state index contributed by atoms with van der Waals surface area (Å²) in [5.74, 6) is 4.31. The molecule has 0 amide bonds. The summed E-state index contributed by atoms with van der Waals surface area (Å²) in [6.07, 6.45) is 0.661. The SMILES string of the molecule is CNCCC#Cc1cc(F)cc(F)c1. The monoisotopic (exact) mass is 195 g/mol. The van der Waals surface area contributed by atoms with E-state index in [2.05, 4.69) is 17.2 Å². The minimum absolute atomic E-state index is 0.374. The number of hydrogen-bond acceptors (Lipinski definition) is 1. The molecule has 1 aromatic carbocycles. The van der Waals surface area contributed by atoms with E-state index >= 15 is 0 Å². The predicted molar refractivity (Wildman–Crippen MR) is 51.8 cm³/mol. The molecule has 0 aliphatic heterocycles. The van der Waals surface area contributed by atoms with Crippen molar-refractivity contribution in [3.8, 4) is 11.8 Å². The van der Waals surface area contributed by atoms with E-state index in [1.54, 1.807) is 0 Å². The first kappa shape index (κ1) is 10.7. The summed E-state index contributed by atoms with van der Waals surface area (Å²) >= 11 is 0. The Morgan fingerprint density at radius 3 is 2.43 bits per heavy atom. The van der Waals surface area contributed by atoms with Gasteiger partial charge in [-0.05, 0) is 19.2 Å². The Morgan fingerprint density at radius 2 is 1.86 bits per heavy atom. The maximum Gasteiger partial charge on any atom is 0.127 e. The molecule has 0 fully saturated rings. The quantitative estimate of drug-likeness (QED) is 0.561. The van der Waals surface area contributed by atoms with Crippen molar-refractivity contribution in [3.05, 3.63) is 35.4 Å². The van der Waals surface area contributed by atoms with Gasteiger partial charge in [-0.3, -0.25) is 0 Å². The molecule has 3 heteroatoms. The van der Waals surface area contributed by atoms with Crippen LogP contribution in [-0.2, 0) is 0 Å². The van der Waals surface area contributed by atoms with E-state index in [0.717, 1.165) is 12.6 Å². The van der Waals surface area contributed by atoms with Crippen LogP contribution in [0.3, 0.4) is 0 Å². The molecule has 0 spiro atoms. The van der Waals surface area contributed by atoms with Crippen molar-refractivity contribution >= 4 is 0 Å². The summed E-state index contributed by atoms with van der Waals surface area (Å²) in [5.41, 5.74) is 0.374. The molecule has 0 bridgehead atoms. The van der Waals surface area contributed by atoms with Crippen LogP contribution in [0.25, 0.3) is 0 Å². The molecule has 1 nitrogen and oxygen atoms in total. The summed E-state index contributed by atoms with van der Waals surface area (Å²) in [7, 11) is 1.82. The van der Waals surface area contributed by atoms with Crippen LogP contribution in [0.15, 0.2) is 18.2 Å². The van der Waals surface area contributed by atoms with E-state index in [0.29, 0.717) is 12.0 Å². The van der Waals surface area contributed by atoms with Crippen LogP contribution in [0.5, 0.6) is 0 Å². The minimum Gasteiger partial charge on any atom is -0.319 e. The highest BCUT2D eigenvalue weighted by Gasteiger charge is 1.96. The molecule has 0 atom stereocenters. The molecule has 0 aliphatic carbocycles. The van der Waals surface area contributed by atoms with Crippen molar-refractivity contribution < 1.29 is 8.78 Å². The standard InChI is InChI=1S/C11H11F2N/c1-14-5-3-2-4-9-6-10(12)8-11(13)7-9/h6-8,14H,3,5H2,1H3. The molecule has 0 unspecified atom stereocenters. The normalized spacial score (nSPS) is 9.36. The van der Waals surface area contributed by atoms with E-state index in [4.69, 9.17) is 0 Å². The lowest BCUT2D eigenvalue weighted by molar-refractivity contribution is 0.582. The van der Waals surface area contributed by atoms with Crippen LogP contribution in [0, 0.1) is 23.5 Å². The van der Waals surface area contributed by atoms with Crippen molar-refractivity contribution in [3.63, 3.8) is 0 Å². The van der Waals surface area contributed by atoms with Crippen molar-refractivity contribution in [2.45, 2.75) is 6.42 Å². The van der Waals surface area contributed by atoms with Gasteiger partial charge in [-0.15, -0.1) is 0 Å². The van der Waals surface area contributed by atoms with E-state index in [1.165, 1.54) is 12.1 Å². The van der Waals surface area contributed by atoms with Crippen LogP contribution in [0.1, 0.15) is 12.0 Å². The number of halogens is 2. The molecule has 0 aromatic heterocycles. The van der Waals surface area contributed by atoms with Gasteiger partial charge in [0.25, 0.3) is 0 Å². The maximum atomic E-state index is 12.7. The van der Waals surface area contributed by atoms with E-state index < -0.39 is 11.6 Å². The van der Waals surface area contributed by atoms with Crippen LogP contribution in [0.2, 0.25) is 0 Å². The second-order valence-corrected chi connectivity index (χ2v) is 2.81. The van der Waals surface area contributed by atoms with E-state index in [1.807, 2.05) is 7.05 Å². The Morgan fingerprint density at radius 1 is 1.21 bits per heavy atom. The molecule has 0 heterocycles. The Kier molecular flexibility index (Phi) is 4.09. The van der Waals surface area contributed by atoms with Crippen LogP contribution < -0.4 is 5.32 Å². The van der Waals surface area contributed by atoms with Gasteiger partial charge in [0, 0.05) is 24.6 Å². The second-order valence-electron chi connectivity index (χ2n) is 2.81. The third-order valence-corrected chi connectivity index (χ3v) is 1.60. The third-order valence-electron chi connectivity index (χ3n) is 1.60. The molecule has 0 saturated heterocycles. The molecule has 74 valence electrons. The van der Waals surface area contributed by atoms with Crippen LogP contribution in [0.4, 0.5) is 8.78 Å². The molecule has 0 radical (unpaired) electrons. The lowest BCUT2D eigenvalue weighted by Gasteiger charge is -1.92. The molecule has 14 heavy (non-hydrogen) atoms. The summed E-state index contributed by atoms with van der Waals surface area (Å²) in [6.45, 7) is 0.769. The van der Waals surface area contributed by atoms with Crippen molar-refractivity contribution in [1.82, 2.24) is 5.32 Å². The van der Waals surface area contributed by atoms with Gasteiger partial charge in [0.2, 0.25) is 0 Å². The molecule has 1 rings (SSSR count). The summed E-state index contributed by atoms with van der Waals surface area (Å²) in [5, 5.41) is 2.93. The number of hydrogen-bond donors (Lipinski definition) is 1. The van der Waals surface area contributed by atoms with Crippen LogP contribution in [-0.4, -0.2) is 13.6 Å². The Hall–Kier alpha value is -1.40. The van der Waals surface area contributed by atoms with Crippen molar-refractivity contribution in [2.24, 2.45) is 0 Å². The molecule has 1 aromatic rings. The zero-order valence-electron chi connectivity index (χ0n) is 7.90. The fourth-order valence-electron chi connectivity index (χ4n) is 0.978. The summed E-state index contributed by atoms with van der Waals surface area (Å²) in [4.78, 5) is 0. The Bertz CT molecular complexity index is 343. The van der Waals surface area contributed by atoms with Gasteiger partial charge >= 0.3 is 0 Å². The Labute approximate surface area is 82.1 Å². The van der Waals surface area contributed by atoms with Gasteiger partial charge in [0.05, 0.1) is 0 Å². The Balaban J connectivity index is 2.69. The van der Waals surface area contributed by atoms with E-state index in [9.17, 15) is 8.78 Å². The van der Waals surface area contributed by atoms with Crippen molar-refractivity contribution in [1.29, 1.82) is 0 Å². The maximum absolute atomic E-state index is 12.7. The van der Waals surface area contributed by atoms with Crippen molar-refractivity contribution in [2.75, 3.05) is 13.6 Å². The van der Waals surface area contributed by atoms with Gasteiger partial charge in [-0.2, -0.15) is 0 Å². The molecule has 0 aliphatic rings. The zero-order chi connectivity index (χ0) is 10.4. The first-order valence-corrected chi connectivity index (χ1v) is 4.32. The molecular weight excluding hydrogens is 184 g/mol. The molecule has 0 saturated carbocycles. The third kappa shape index (κ3) is 3.55. The predicted octanol–water partition coefficient (Wildman–Crippen LogP) is 1.93. The van der Waals surface area contributed by atoms with Gasteiger partial charge < -0.3 is 5.32 Å². The largest absolute Gasteiger partial charge is 0.319 e. The number of nitrogens with one attached hydrogen (secondary N) is 1. The lowest BCUT2D eigenvalue weighted by Crippen LogP contribution is -2.05. The zero-order valence-corrected chi connectivity index (χ0v) is 7.90. The van der Waals surface area contributed by atoms with E-state index in [-0.39, 0.29) is 0 Å². The van der Waals surface area contributed by atoms with Gasteiger partial charge in [-0.1, -0.05) is 11.8 Å².